The van der Waals surface area contributed by atoms with E-state index in [1.165, 1.54) is 0 Å². The first-order valence-electron chi connectivity index (χ1n) is 6.28. The molecule has 0 aromatic heterocycles. The van der Waals surface area contributed by atoms with E-state index in [0.29, 0.717) is 24.6 Å². The predicted molar refractivity (Wildman–Crippen MR) is 69.3 cm³/mol. The second-order valence-electron chi connectivity index (χ2n) is 4.75. The number of benzene rings is 1. The van der Waals surface area contributed by atoms with E-state index < -0.39 is 6.10 Å². The summed E-state index contributed by atoms with van der Waals surface area (Å²) in [5.41, 5.74) is 1.46. The number of rotatable bonds is 5. The number of phenols is 1. The molecule has 1 aromatic carbocycles. The first-order chi connectivity index (χ1) is 8.63. The van der Waals surface area contributed by atoms with Gasteiger partial charge < -0.3 is 15.1 Å². The summed E-state index contributed by atoms with van der Waals surface area (Å²) < 4.78 is 0. The number of aromatic hydroxyl groups is 1. The standard InChI is InChI=1S/C14H18N2O2/c1-10(17)13-6-5-12(9-14(13)18)16(8-2-7-15)11-3-4-11/h5-6,9-11,17-18H,2-4,8H2,1H3. The van der Waals surface area contributed by atoms with Crippen LogP contribution in [0.1, 0.15) is 37.9 Å². The van der Waals surface area contributed by atoms with Crippen LogP contribution in [0.4, 0.5) is 5.69 Å². The summed E-state index contributed by atoms with van der Waals surface area (Å²) in [6.45, 7) is 2.32. The molecule has 0 amide bonds. The Hall–Kier alpha value is -1.73. The van der Waals surface area contributed by atoms with Gasteiger partial charge in [0.05, 0.1) is 18.6 Å². The van der Waals surface area contributed by atoms with Crippen molar-refractivity contribution in [3.8, 4) is 11.8 Å². The van der Waals surface area contributed by atoms with Crippen molar-refractivity contribution in [2.75, 3.05) is 11.4 Å². The van der Waals surface area contributed by atoms with Crippen LogP contribution in [-0.4, -0.2) is 22.8 Å². The minimum Gasteiger partial charge on any atom is -0.507 e. The average Bonchev–Trinajstić information content (AvgIpc) is 3.13. The van der Waals surface area contributed by atoms with Gasteiger partial charge in [-0.05, 0) is 25.8 Å². The first kappa shape index (κ1) is 12.7. The van der Waals surface area contributed by atoms with E-state index in [2.05, 4.69) is 11.0 Å². The third-order valence-corrected chi connectivity index (χ3v) is 3.25. The molecule has 0 radical (unpaired) electrons. The number of anilines is 1. The molecule has 0 saturated heterocycles. The molecule has 4 heteroatoms. The number of nitriles is 1. The lowest BCUT2D eigenvalue weighted by atomic mass is 10.1. The molecule has 4 nitrogen and oxygen atoms in total. The Balaban J connectivity index is 2.20. The smallest absolute Gasteiger partial charge is 0.123 e. The molecule has 1 unspecified atom stereocenters. The van der Waals surface area contributed by atoms with E-state index in [0.717, 1.165) is 18.5 Å². The number of aliphatic hydroxyl groups is 1. The largest absolute Gasteiger partial charge is 0.507 e. The van der Waals surface area contributed by atoms with Gasteiger partial charge in [0.1, 0.15) is 5.75 Å². The Labute approximate surface area is 107 Å². The Morgan fingerprint density at radius 1 is 1.50 bits per heavy atom. The third-order valence-electron chi connectivity index (χ3n) is 3.25. The van der Waals surface area contributed by atoms with E-state index in [-0.39, 0.29) is 5.75 Å². The summed E-state index contributed by atoms with van der Waals surface area (Å²) in [4.78, 5) is 2.16. The number of hydrogen-bond donors (Lipinski definition) is 2. The molecule has 0 aliphatic heterocycles. The fraction of sp³-hybridized carbons (Fsp3) is 0.500. The molecule has 1 atom stereocenters. The molecule has 96 valence electrons. The highest BCUT2D eigenvalue weighted by Crippen LogP contribution is 2.35. The fourth-order valence-electron chi connectivity index (χ4n) is 2.14. The fourth-order valence-corrected chi connectivity index (χ4v) is 2.14. The molecule has 1 fully saturated rings. The molecule has 1 saturated carbocycles. The van der Waals surface area contributed by atoms with E-state index in [1.54, 1.807) is 19.1 Å². The highest BCUT2D eigenvalue weighted by Gasteiger charge is 2.29. The van der Waals surface area contributed by atoms with Gasteiger partial charge in [0.25, 0.3) is 0 Å². The molecular weight excluding hydrogens is 228 g/mol. The van der Waals surface area contributed by atoms with Crippen molar-refractivity contribution >= 4 is 5.69 Å². The molecule has 1 aromatic rings. The van der Waals surface area contributed by atoms with Crippen LogP contribution in [0.2, 0.25) is 0 Å². The summed E-state index contributed by atoms with van der Waals surface area (Å²) in [6.07, 6.45) is 2.09. The van der Waals surface area contributed by atoms with E-state index >= 15 is 0 Å². The van der Waals surface area contributed by atoms with Gasteiger partial charge in [-0.25, -0.2) is 0 Å². The molecule has 2 rings (SSSR count). The molecular formula is C14H18N2O2. The lowest BCUT2D eigenvalue weighted by molar-refractivity contribution is 0.195. The van der Waals surface area contributed by atoms with Crippen LogP contribution < -0.4 is 4.90 Å². The van der Waals surface area contributed by atoms with Gasteiger partial charge in [-0.2, -0.15) is 5.26 Å². The maximum absolute atomic E-state index is 9.89. The van der Waals surface area contributed by atoms with Crippen molar-refractivity contribution in [3.63, 3.8) is 0 Å². The molecule has 0 heterocycles. The van der Waals surface area contributed by atoms with Gasteiger partial charge >= 0.3 is 0 Å². The van der Waals surface area contributed by atoms with Gasteiger partial charge in [-0.3, -0.25) is 0 Å². The maximum Gasteiger partial charge on any atom is 0.123 e. The average molecular weight is 246 g/mol. The summed E-state index contributed by atoms with van der Waals surface area (Å²) in [5, 5.41) is 28.0. The lowest BCUT2D eigenvalue weighted by Gasteiger charge is -2.24. The second-order valence-corrected chi connectivity index (χ2v) is 4.75. The molecule has 2 N–H and O–H groups in total. The van der Waals surface area contributed by atoms with E-state index in [1.807, 2.05) is 6.07 Å². The molecule has 0 spiro atoms. The van der Waals surface area contributed by atoms with Crippen molar-refractivity contribution < 1.29 is 10.2 Å². The Kier molecular flexibility index (Phi) is 3.73. The van der Waals surface area contributed by atoms with Crippen molar-refractivity contribution in [2.24, 2.45) is 0 Å². The Morgan fingerprint density at radius 2 is 2.22 bits per heavy atom. The van der Waals surface area contributed by atoms with Gasteiger partial charge in [0, 0.05) is 29.9 Å². The summed E-state index contributed by atoms with van der Waals surface area (Å²) in [5.74, 6) is 0.116. The van der Waals surface area contributed by atoms with Crippen LogP contribution in [0, 0.1) is 11.3 Å². The highest BCUT2D eigenvalue weighted by molar-refractivity contribution is 5.55. The van der Waals surface area contributed by atoms with Crippen LogP contribution in [0.15, 0.2) is 18.2 Å². The zero-order valence-electron chi connectivity index (χ0n) is 10.5. The zero-order chi connectivity index (χ0) is 13.1. The zero-order valence-corrected chi connectivity index (χ0v) is 10.5. The predicted octanol–water partition coefficient (Wildman–Crippen LogP) is 2.33. The SMILES string of the molecule is CC(O)c1ccc(N(CCC#N)C2CC2)cc1O. The van der Waals surface area contributed by atoms with Crippen molar-refractivity contribution in [3.05, 3.63) is 23.8 Å². The quantitative estimate of drug-likeness (QED) is 0.836. The summed E-state index contributed by atoms with van der Waals surface area (Å²) in [6, 6.07) is 7.97. The third kappa shape index (κ3) is 2.74. The molecule has 18 heavy (non-hydrogen) atoms. The minimum atomic E-state index is -0.674. The Bertz CT molecular complexity index is 461. The van der Waals surface area contributed by atoms with Crippen LogP contribution in [0.3, 0.4) is 0 Å². The van der Waals surface area contributed by atoms with Crippen molar-refractivity contribution in [1.82, 2.24) is 0 Å². The highest BCUT2D eigenvalue weighted by atomic mass is 16.3. The molecule has 1 aliphatic carbocycles. The van der Waals surface area contributed by atoms with Gasteiger partial charge in [-0.1, -0.05) is 6.07 Å². The summed E-state index contributed by atoms with van der Waals surface area (Å²) >= 11 is 0. The van der Waals surface area contributed by atoms with Gasteiger partial charge in [-0.15, -0.1) is 0 Å². The normalized spacial score (nSPS) is 16.1. The maximum atomic E-state index is 9.89. The second kappa shape index (κ2) is 5.28. The van der Waals surface area contributed by atoms with Crippen molar-refractivity contribution in [2.45, 2.75) is 38.3 Å². The summed E-state index contributed by atoms with van der Waals surface area (Å²) in [7, 11) is 0. The van der Waals surface area contributed by atoms with Crippen LogP contribution in [0.25, 0.3) is 0 Å². The topological polar surface area (TPSA) is 67.5 Å². The van der Waals surface area contributed by atoms with Crippen LogP contribution in [0.5, 0.6) is 5.75 Å². The van der Waals surface area contributed by atoms with Gasteiger partial charge in [0.15, 0.2) is 0 Å². The number of nitrogens with zero attached hydrogens (tertiary/aromatic N) is 2. The van der Waals surface area contributed by atoms with Crippen molar-refractivity contribution in [1.29, 1.82) is 5.26 Å². The van der Waals surface area contributed by atoms with Crippen LogP contribution in [-0.2, 0) is 0 Å². The molecule has 0 bridgehead atoms. The van der Waals surface area contributed by atoms with E-state index in [4.69, 9.17) is 5.26 Å². The van der Waals surface area contributed by atoms with Crippen LogP contribution >= 0.6 is 0 Å². The minimum absolute atomic E-state index is 0.116. The lowest BCUT2D eigenvalue weighted by Crippen LogP contribution is -2.26. The Morgan fingerprint density at radius 3 is 2.72 bits per heavy atom. The van der Waals surface area contributed by atoms with Gasteiger partial charge in [0.2, 0.25) is 0 Å². The monoisotopic (exact) mass is 246 g/mol. The number of hydrogen-bond acceptors (Lipinski definition) is 4. The molecule has 1 aliphatic rings. The van der Waals surface area contributed by atoms with E-state index in [9.17, 15) is 10.2 Å². The number of phenolic OH excluding ortho intramolecular Hbond substituents is 1. The number of aliphatic hydroxyl groups excluding tert-OH is 1. The first-order valence-corrected chi connectivity index (χ1v) is 6.28.